The number of hydrogen-bond donors (Lipinski definition) is 1. The number of likely N-dealkylation sites (N-methyl/N-ethyl adjacent to an activating group) is 1. The Morgan fingerprint density at radius 2 is 2.06 bits per heavy atom. The van der Waals surface area contributed by atoms with Gasteiger partial charge in [0.15, 0.2) is 0 Å². The molecular formula is C13H17N3O. The quantitative estimate of drug-likeness (QED) is 0.847. The third kappa shape index (κ3) is 3.58. The summed E-state index contributed by atoms with van der Waals surface area (Å²) in [4.78, 5) is 13.5. The van der Waals surface area contributed by atoms with Gasteiger partial charge in [-0.1, -0.05) is 12.1 Å². The van der Waals surface area contributed by atoms with Crippen LogP contribution in [0.15, 0.2) is 24.3 Å². The SMILES string of the molecule is CCN(Cc1ccc(C#N)cc1)C(=O)[C@H](C)N. The molecule has 1 aromatic rings. The van der Waals surface area contributed by atoms with E-state index in [0.29, 0.717) is 18.7 Å². The monoisotopic (exact) mass is 231 g/mol. The fraction of sp³-hybridized carbons (Fsp3) is 0.385. The van der Waals surface area contributed by atoms with Crippen molar-refractivity contribution in [2.24, 2.45) is 5.73 Å². The van der Waals surface area contributed by atoms with Gasteiger partial charge in [0.2, 0.25) is 5.91 Å². The van der Waals surface area contributed by atoms with Crippen molar-refractivity contribution in [2.75, 3.05) is 6.54 Å². The molecule has 0 aliphatic carbocycles. The van der Waals surface area contributed by atoms with Crippen molar-refractivity contribution in [1.82, 2.24) is 4.90 Å². The summed E-state index contributed by atoms with van der Waals surface area (Å²) in [6.07, 6.45) is 0. The van der Waals surface area contributed by atoms with E-state index >= 15 is 0 Å². The van der Waals surface area contributed by atoms with Gasteiger partial charge < -0.3 is 10.6 Å². The number of benzene rings is 1. The predicted octanol–water partition coefficient (Wildman–Crippen LogP) is 1.25. The van der Waals surface area contributed by atoms with Gasteiger partial charge in [0.1, 0.15) is 0 Å². The lowest BCUT2D eigenvalue weighted by Gasteiger charge is -2.22. The van der Waals surface area contributed by atoms with Crippen LogP contribution >= 0.6 is 0 Å². The Hall–Kier alpha value is -1.86. The largest absolute Gasteiger partial charge is 0.337 e. The molecule has 1 aromatic carbocycles. The van der Waals surface area contributed by atoms with Gasteiger partial charge in [0, 0.05) is 13.1 Å². The third-order valence-electron chi connectivity index (χ3n) is 2.54. The van der Waals surface area contributed by atoms with E-state index in [0.717, 1.165) is 5.56 Å². The number of amides is 1. The molecule has 90 valence electrons. The minimum absolute atomic E-state index is 0.0585. The molecule has 0 saturated carbocycles. The number of nitrogens with two attached hydrogens (primary N) is 1. The number of nitriles is 1. The normalized spacial score (nSPS) is 11.6. The van der Waals surface area contributed by atoms with Crippen LogP contribution in [0.4, 0.5) is 0 Å². The minimum Gasteiger partial charge on any atom is -0.337 e. The van der Waals surface area contributed by atoms with E-state index in [1.165, 1.54) is 0 Å². The van der Waals surface area contributed by atoms with Crippen LogP contribution in [0.25, 0.3) is 0 Å². The number of nitrogens with zero attached hydrogens (tertiary/aromatic N) is 2. The van der Waals surface area contributed by atoms with Crippen LogP contribution in [-0.2, 0) is 11.3 Å². The average Bonchev–Trinajstić information content (AvgIpc) is 2.35. The fourth-order valence-electron chi connectivity index (χ4n) is 1.54. The Kier molecular flexibility index (Phi) is 4.68. The van der Waals surface area contributed by atoms with Crippen molar-refractivity contribution in [1.29, 1.82) is 5.26 Å². The smallest absolute Gasteiger partial charge is 0.239 e. The van der Waals surface area contributed by atoms with E-state index in [2.05, 4.69) is 6.07 Å². The lowest BCUT2D eigenvalue weighted by atomic mass is 10.1. The number of hydrogen-bond acceptors (Lipinski definition) is 3. The first-order chi connectivity index (χ1) is 8.08. The zero-order valence-electron chi connectivity index (χ0n) is 10.2. The molecule has 4 heteroatoms. The van der Waals surface area contributed by atoms with Crippen molar-refractivity contribution in [3.8, 4) is 6.07 Å². The standard InChI is InChI=1S/C13H17N3O/c1-3-16(13(17)10(2)15)9-12-6-4-11(8-14)5-7-12/h4-7,10H,3,9,15H2,1-2H3/t10-/m0/s1. The summed E-state index contributed by atoms with van der Waals surface area (Å²) in [6.45, 7) is 4.76. The van der Waals surface area contributed by atoms with Crippen LogP contribution in [0.2, 0.25) is 0 Å². The van der Waals surface area contributed by atoms with Gasteiger partial charge in [-0.15, -0.1) is 0 Å². The highest BCUT2D eigenvalue weighted by molar-refractivity contribution is 5.81. The molecule has 0 aliphatic rings. The van der Waals surface area contributed by atoms with E-state index < -0.39 is 6.04 Å². The molecule has 0 aromatic heterocycles. The summed E-state index contributed by atoms with van der Waals surface area (Å²) in [5.74, 6) is -0.0585. The second-order valence-corrected chi connectivity index (χ2v) is 3.95. The molecule has 17 heavy (non-hydrogen) atoms. The van der Waals surface area contributed by atoms with Crippen LogP contribution in [0.5, 0.6) is 0 Å². The van der Waals surface area contributed by atoms with E-state index in [1.54, 1.807) is 24.0 Å². The highest BCUT2D eigenvalue weighted by Crippen LogP contribution is 2.07. The van der Waals surface area contributed by atoms with Crippen LogP contribution in [0.3, 0.4) is 0 Å². The minimum atomic E-state index is -0.478. The molecule has 1 rings (SSSR count). The molecule has 1 atom stereocenters. The second-order valence-electron chi connectivity index (χ2n) is 3.95. The molecule has 1 amide bonds. The summed E-state index contributed by atoms with van der Waals surface area (Å²) in [7, 11) is 0. The Morgan fingerprint density at radius 3 is 2.47 bits per heavy atom. The second kappa shape index (κ2) is 6.02. The van der Waals surface area contributed by atoms with Crippen molar-refractivity contribution >= 4 is 5.91 Å². The zero-order valence-corrected chi connectivity index (χ0v) is 10.2. The van der Waals surface area contributed by atoms with Crippen molar-refractivity contribution in [3.05, 3.63) is 35.4 Å². The van der Waals surface area contributed by atoms with E-state index in [9.17, 15) is 4.79 Å². The Bertz CT molecular complexity index is 417. The van der Waals surface area contributed by atoms with Gasteiger partial charge in [-0.05, 0) is 31.5 Å². The molecule has 4 nitrogen and oxygen atoms in total. The maximum Gasteiger partial charge on any atom is 0.239 e. The molecule has 0 spiro atoms. The first kappa shape index (κ1) is 13.2. The Balaban J connectivity index is 2.74. The highest BCUT2D eigenvalue weighted by atomic mass is 16.2. The van der Waals surface area contributed by atoms with Crippen LogP contribution in [0, 0.1) is 11.3 Å². The van der Waals surface area contributed by atoms with E-state index in [4.69, 9.17) is 11.0 Å². The predicted molar refractivity (Wildman–Crippen MR) is 65.9 cm³/mol. The molecule has 0 fully saturated rings. The van der Waals surface area contributed by atoms with Gasteiger partial charge in [-0.25, -0.2) is 0 Å². The molecule has 0 saturated heterocycles. The maximum absolute atomic E-state index is 11.8. The Labute approximate surface area is 102 Å². The molecule has 0 radical (unpaired) electrons. The molecular weight excluding hydrogens is 214 g/mol. The number of rotatable bonds is 4. The lowest BCUT2D eigenvalue weighted by Crippen LogP contribution is -2.41. The highest BCUT2D eigenvalue weighted by Gasteiger charge is 2.15. The summed E-state index contributed by atoms with van der Waals surface area (Å²) in [5.41, 5.74) is 7.20. The van der Waals surface area contributed by atoms with Gasteiger partial charge in [-0.3, -0.25) is 4.79 Å². The van der Waals surface area contributed by atoms with E-state index in [-0.39, 0.29) is 5.91 Å². The van der Waals surface area contributed by atoms with Gasteiger partial charge >= 0.3 is 0 Å². The van der Waals surface area contributed by atoms with Gasteiger partial charge in [0.05, 0.1) is 17.7 Å². The molecule has 0 bridgehead atoms. The number of carbonyl (C=O) groups is 1. The summed E-state index contributed by atoms with van der Waals surface area (Å²) in [5, 5.41) is 8.69. The third-order valence-corrected chi connectivity index (χ3v) is 2.54. The van der Waals surface area contributed by atoms with Crippen LogP contribution < -0.4 is 5.73 Å². The first-order valence-electron chi connectivity index (χ1n) is 5.62. The summed E-state index contributed by atoms with van der Waals surface area (Å²) >= 11 is 0. The van der Waals surface area contributed by atoms with Crippen LogP contribution in [0.1, 0.15) is 25.0 Å². The van der Waals surface area contributed by atoms with Crippen molar-refractivity contribution in [3.63, 3.8) is 0 Å². The fourth-order valence-corrected chi connectivity index (χ4v) is 1.54. The van der Waals surface area contributed by atoms with Crippen molar-refractivity contribution < 1.29 is 4.79 Å². The maximum atomic E-state index is 11.8. The first-order valence-corrected chi connectivity index (χ1v) is 5.62. The lowest BCUT2D eigenvalue weighted by molar-refractivity contribution is -0.132. The van der Waals surface area contributed by atoms with Gasteiger partial charge in [-0.2, -0.15) is 5.26 Å². The van der Waals surface area contributed by atoms with Crippen molar-refractivity contribution in [2.45, 2.75) is 26.4 Å². The zero-order chi connectivity index (χ0) is 12.8. The molecule has 0 heterocycles. The Morgan fingerprint density at radius 1 is 1.47 bits per heavy atom. The average molecular weight is 231 g/mol. The molecule has 2 N–H and O–H groups in total. The number of carbonyl (C=O) groups excluding carboxylic acids is 1. The molecule has 0 unspecified atom stereocenters. The molecule has 0 aliphatic heterocycles. The van der Waals surface area contributed by atoms with Gasteiger partial charge in [0.25, 0.3) is 0 Å². The van der Waals surface area contributed by atoms with Crippen LogP contribution in [-0.4, -0.2) is 23.4 Å². The topological polar surface area (TPSA) is 70.1 Å². The summed E-state index contributed by atoms with van der Waals surface area (Å²) < 4.78 is 0. The van der Waals surface area contributed by atoms with E-state index in [1.807, 2.05) is 19.1 Å². The summed E-state index contributed by atoms with van der Waals surface area (Å²) in [6, 6.07) is 8.80.